The van der Waals surface area contributed by atoms with Gasteiger partial charge in [-0.25, -0.2) is 0 Å². The van der Waals surface area contributed by atoms with Gasteiger partial charge in [0.2, 0.25) is 0 Å². The van der Waals surface area contributed by atoms with Gasteiger partial charge >= 0.3 is 5.69 Å². The summed E-state index contributed by atoms with van der Waals surface area (Å²) < 4.78 is 0. The van der Waals surface area contributed by atoms with Crippen LogP contribution < -0.4 is 4.90 Å². The Balaban J connectivity index is 2.02. The number of fused-ring (bicyclic) bond motifs is 1. The van der Waals surface area contributed by atoms with Crippen LogP contribution in [0.5, 0.6) is 0 Å². The molecule has 110 valence electrons. The van der Waals surface area contributed by atoms with Crippen LogP contribution in [0.3, 0.4) is 0 Å². The summed E-state index contributed by atoms with van der Waals surface area (Å²) in [5.41, 5.74) is 1.41. The number of benzene rings is 1. The van der Waals surface area contributed by atoms with Crippen molar-refractivity contribution in [2.24, 2.45) is 5.92 Å². The van der Waals surface area contributed by atoms with E-state index in [1.165, 1.54) is 0 Å². The summed E-state index contributed by atoms with van der Waals surface area (Å²) in [5.74, 6) is 0.308. The molecule has 0 saturated carbocycles. The topological polar surface area (TPSA) is 79.5 Å². The van der Waals surface area contributed by atoms with Crippen LogP contribution in [0.1, 0.15) is 12.8 Å². The Morgan fingerprint density at radius 3 is 2.76 bits per heavy atom. The Kier molecular flexibility index (Phi) is 3.70. The molecule has 6 heteroatoms. The van der Waals surface area contributed by atoms with Gasteiger partial charge in [-0.1, -0.05) is 0 Å². The van der Waals surface area contributed by atoms with E-state index in [0.717, 1.165) is 25.9 Å². The number of anilines is 1. The SMILES string of the molecule is O=[N+]([O-])c1c(N2CCC(CO)CC2)ccc2ncccc12. The number of pyridine rings is 1. The summed E-state index contributed by atoms with van der Waals surface area (Å²) in [5, 5.41) is 21.3. The third-order valence-corrected chi connectivity index (χ3v) is 4.13. The van der Waals surface area contributed by atoms with Crippen LogP contribution in [-0.2, 0) is 0 Å². The minimum Gasteiger partial charge on any atom is -0.396 e. The number of piperidine rings is 1. The maximum atomic E-state index is 11.5. The Bertz CT molecular complexity index is 666. The first-order valence-electron chi connectivity index (χ1n) is 7.08. The van der Waals surface area contributed by atoms with Gasteiger partial charge in [-0.15, -0.1) is 0 Å². The van der Waals surface area contributed by atoms with Crippen molar-refractivity contribution in [2.45, 2.75) is 12.8 Å². The van der Waals surface area contributed by atoms with Gasteiger partial charge in [0.1, 0.15) is 5.69 Å². The summed E-state index contributed by atoms with van der Waals surface area (Å²) in [4.78, 5) is 17.4. The van der Waals surface area contributed by atoms with E-state index in [0.29, 0.717) is 22.5 Å². The molecular formula is C15H17N3O3. The molecule has 1 aliphatic heterocycles. The fourth-order valence-corrected chi connectivity index (χ4v) is 2.93. The van der Waals surface area contributed by atoms with Gasteiger partial charge in [-0.2, -0.15) is 0 Å². The molecule has 6 nitrogen and oxygen atoms in total. The van der Waals surface area contributed by atoms with Gasteiger partial charge in [0.15, 0.2) is 0 Å². The van der Waals surface area contributed by atoms with Gasteiger partial charge in [0.05, 0.1) is 15.8 Å². The number of aliphatic hydroxyl groups excluding tert-OH is 1. The number of nitrogens with zero attached hydrogens (tertiary/aromatic N) is 3. The second kappa shape index (κ2) is 5.65. The molecule has 2 heterocycles. The molecule has 1 aliphatic rings. The Hall–Kier alpha value is -2.21. The highest BCUT2D eigenvalue weighted by Gasteiger charge is 2.26. The molecule has 21 heavy (non-hydrogen) atoms. The second-order valence-corrected chi connectivity index (χ2v) is 5.37. The fraction of sp³-hybridized carbons (Fsp3) is 0.400. The number of rotatable bonds is 3. The first-order chi connectivity index (χ1) is 10.2. The summed E-state index contributed by atoms with van der Waals surface area (Å²) >= 11 is 0. The highest BCUT2D eigenvalue weighted by atomic mass is 16.6. The number of aromatic nitrogens is 1. The van der Waals surface area contributed by atoms with E-state index in [4.69, 9.17) is 0 Å². The van der Waals surface area contributed by atoms with E-state index >= 15 is 0 Å². The summed E-state index contributed by atoms with van der Waals surface area (Å²) in [6.07, 6.45) is 3.36. The fourth-order valence-electron chi connectivity index (χ4n) is 2.93. The first-order valence-corrected chi connectivity index (χ1v) is 7.08. The van der Waals surface area contributed by atoms with Crippen LogP contribution in [0.15, 0.2) is 30.5 Å². The van der Waals surface area contributed by atoms with Crippen molar-refractivity contribution in [3.63, 3.8) is 0 Å². The molecule has 1 fully saturated rings. The number of hydrogen-bond acceptors (Lipinski definition) is 5. The molecule has 3 rings (SSSR count). The van der Waals surface area contributed by atoms with Crippen molar-refractivity contribution >= 4 is 22.3 Å². The van der Waals surface area contributed by atoms with E-state index in [9.17, 15) is 15.2 Å². The van der Waals surface area contributed by atoms with E-state index in [2.05, 4.69) is 4.98 Å². The molecular weight excluding hydrogens is 270 g/mol. The van der Waals surface area contributed by atoms with Crippen molar-refractivity contribution < 1.29 is 10.0 Å². The van der Waals surface area contributed by atoms with Gasteiger partial charge in [0.25, 0.3) is 0 Å². The van der Waals surface area contributed by atoms with Crippen molar-refractivity contribution in [1.29, 1.82) is 0 Å². The monoisotopic (exact) mass is 287 g/mol. The summed E-state index contributed by atoms with van der Waals surface area (Å²) in [6, 6.07) is 7.07. The molecule has 1 saturated heterocycles. The zero-order chi connectivity index (χ0) is 14.8. The standard InChI is InChI=1S/C15H17N3O3/c19-10-11-5-8-17(9-6-11)14-4-3-13-12(2-1-7-16-13)15(14)18(20)21/h1-4,7,11,19H,5-6,8-10H2. The third-order valence-electron chi connectivity index (χ3n) is 4.13. The number of nitro groups is 1. The normalized spacial score (nSPS) is 16.3. The lowest BCUT2D eigenvalue weighted by Crippen LogP contribution is -2.35. The quantitative estimate of drug-likeness (QED) is 0.692. The van der Waals surface area contributed by atoms with E-state index in [-0.39, 0.29) is 17.2 Å². The van der Waals surface area contributed by atoms with Crippen LogP contribution >= 0.6 is 0 Å². The Morgan fingerprint density at radius 1 is 1.33 bits per heavy atom. The largest absolute Gasteiger partial charge is 0.396 e. The average molecular weight is 287 g/mol. The van der Waals surface area contributed by atoms with E-state index < -0.39 is 0 Å². The van der Waals surface area contributed by atoms with Crippen LogP contribution in [0, 0.1) is 16.0 Å². The number of aliphatic hydroxyl groups is 1. The summed E-state index contributed by atoms with van der Waals surface area (Å²) in [6.45, 7) is 1.66. The van der Waals surface area contributed by atoms with Crippen LogP contribution in [0.4, 0.5) is 11.4 Å². The molecule has 0 unspecified atom stereocenters. The molecule has 1 aromatic heterocycles. The summed E-state index contributed by atoms with van der Waals surface area (Å²) in [7, 11) is 0. The third kappa shape index (κ3) is 2.54. The molecule has 2 aromatic rings. The molecule has 0 amide bonds. The van der Waals surface area contributed by atoms with Crippen molar-refractivity contribution in [3.8, 4) is 0 Å². The molecule has 1 aromatic carbocycles. The highest BCUT2D eigenvalue weighted by molar-refractivity contribution is 5.94. The molecule has 0 spiro atoms. The predicted octanol–water partition coefficient (Wildman–Crippen LogP) is 2.35. The van der Waals surface area contributed by atoms with E-state index in [1.54, 1.807) is 24.4 Å². The molecule has 0 bridgehead atoms. The van der Waals surface area contributed by atoms with Gasteiger partial charge in [-0.3, -0.25) is 15.1 Å². The Labute approximate surface area is 122 Å². The van der Waals surface area contributed by atoms with Crippen molar-refractivity contribution in [3.05, 3.63) is 40.6 Å². The molecule has 0 aliphatic carbocycles. The zero-order valence-electron chi connectivity index (χ0n) is 11.6. The molecule has 1 N–H and O–H groups in total. The maximum absolute atomic E-state index is 11.5. The van der Waals surface area contributed by atoms with Crippen LogP contribution in [0.2, 0.25) is 0 Å². The maximum Gasteiger partial charge on any atom is 0.301 e. The Morgan fingerprint density at radius 2 is 2.10 bits per heavy atom. The lowest BCUT2D eigenvalue weighted by atomic mass is 9.97. The number of nitro benzene ring substituents is 1. The highest BCUT2D eigenvalue weighted by Crippen LogP contribution is 2.36. The second-order valence-electron chi connectivity index (χ2n) is 5.37. The molecule has 0 radical (unpaired) electrons. The van der Waals surface area contributed by atoms with Gasteiger partial charge in [0, 0.05) is 25.9 Å². The first kappa shape index (κ1) is 13.8. The minimum absolute atomic E-state index is 0.128. The van der Waals surface area contributed by atoms with Gasteiger partial charge in [-0.05, 0) is 43.0 Å². The average Bonchev–Trinajstić information content (AvgIpc) is 2.53. The van der Waals surface area contributed by atoms with Crippen molar-refractivity contribution in [2.75, 3.05) is 24.6 Å². The lowest BCUT2D eigenvalue weighted by molar-refractivity contribution is -0.382. The van der Waals surface area contributed by atoms with Gasteiger partial charge < -0.3 is 10.0 Å². The zero-order valence-corrected chi connectivity index (χ0v) is 11.6. The predicted molar refractivity (Wildman–Crippen MR) is 80.4 cm³/mol. The number of hydrogen-bond donors (Lipinski definition) is 1. The van der Waals surface area contributed by atoms with Crippen LogP contribution in [-0.4, -0.2) is 34.7 Å². The van der Waals surface area contributed by atoms with E-state index in [1.807, 2.05) is 11.0 Å². The minimum atomic E-state index is -0.322. The molecule has 0 atom stereocenters. The van der Waals surface area contributed by atoms with Crippen LogP contribution in [0.25, 0.3) is 10.9 Å². The smallest absolute Gasteiger partial charge is 0.301 e. The lowest BCUT2D eigenvalue weighted by Gasteiger charge is -2.32. The van der Waals surface area contributed by atoms with Crippen molar-refractivity contribution in [1.82, 2.24) is 4.98 Å².